The Balaban J connectivity index is 1.32. The number of carbonyl (C=O) groups is 1. The van der Waals surface area contributed by atoms with Crippen LogP contribution in [0.15, 0.2) is 60.8 Å². The van der Waals surface area contributed by atoms with Crippen molar-refractivity contribution in [1.82, 2.24) is 14.9 Å². The van der Waals surface area contributed by atoms with Crippen molar-refractivity contribution in [3.63, 3.8) is 0 Å². The third-order valence-corrected chi connectivity index (χ3v) is 7.15. The number of nitrogens with two attached hydrogens (primary N) is 1. The summed E-state index contributed by atoms with van der Waals surface area (Å²) in [5.41, 5.74) is 12.0. The second kappa shape index (κ2) is 11.1. The quantitative estimate of drug-likeness (QED) is 0.323. The summed E-state index contributed by atoms with van der Waals surface area (Å²) in [6.45, 7) is 10.6. The highest BCUT2D eigenvalue weighted by atomic mass is 16.5. The van der Waals surface area contributed by atoms with Gasteiger partial charge in [-0.1, -0.05) is 68.5 Å². The molecule has 37 heavy (non-hydrogen) atoms. The van der Waals surface area contributed by atoms with Crippen LogP contribution in [0.1, 0.15) is 49.3 Å². The molecule has 2 aromatic carbocycles. The Labute approximate surface area is 219 Å². The Morgan fingerprint density at radius 1 is 0.946 bits per heavy atom. The van der Waals surface area contributed by atoms with Gasteiger partial charge in [0.25, 0.3) is 0 Å². The van der Waals surface area contributed by atoms with Crippen molar-refractivity contribution in [1.29, 1.82) is 0 Å². The van der Waals surface area contributed by atoms with Crippen molar-refractivity contribution in [2.24, 2.45) is 0 Å². The summed E-state index contributed by atoms with van der Waals surface area (Å²) in [4.78, 5) is 25.9. The molecule has 1 fully saturated rings. The number of ether oxygens (including phenoxy) is 1. The van der Waals surface area contributed by atoms with Crippen LogP contribution in [0.5, 0.6) is 6.01 Å². The monoisotopic (exact) mass is 497 g/mol. The van der Waals surface area contributed by atoms with E-state index in [1.165, 1.54) is 37.1 Å². The molecular weight excluding hydrogens is 462 g/mol. The lowest BCUT2D eigenvalue weighted by molar-refractivity contribution is -0.115. The number of fused-ring (bicyclic) bond motifs is 1. The van der Waals surface area contributed by atoms with Gasteiger partial charge >= 0.3 is 6.01 Å². The first-order valence-corrected chi connectivity index (χ1v) is 13.2. The van der Waals surface area contributed by atoms with Gasteiger partial charge in [0, 0.05) is 25.1 Å². The lowest BCUT2D eigenvalue weighted by Crippen LogP contribution is -2.34. The summed E-state index contributed by atoms with van der Waals surface area (Å²) in [6.07, 6.45) is 4.68. The molecule has 5 rings (SSSR count). The third kappa shape index (κ3) is 5.67. The molecule has 0 saturated carbocycles. The molecule has 7 heteroatoms. The topological polar surface area (TPSA) is 84.6 Å². The van der Waals surface area contributed by atoms with Crippen LogP contribution < -0.4 is 15.4 Å². The average Bonchev–Trinajstić information content (AvgIpc) is 3.42. The van der Waals surface area contributed by atoms with Gasteiger partial charge in [-0.05, 0) is 54.6 Å². The average molecular weight is 498 g/mol. The maximum Gasteiger partial charge on any atom is 0.320 e. The van der Waals surface area contributed by atoms with E-state index < -0.39 is 0 Å². The largest absolute Gasteiger partial charge is 0.463 e. The lowest BCUT2D eigenvalue weighted by atomic mass is 10.00. The Bertz CT molecular complexity index is 1260. The number of hydrogen-bond acceptors (Lipinski definition) is 7. The molecule has 1 saturated heterocycles. The minimum absolute atomic E-state index is 0.0758. The number of rotatable bonds is 9. The van der Waals surface area contributed by atoms with Crippen molar-refractivity contribution in [3.05, 3.63) is 77.5 Å². The fourth-order valence-corrected chi connectivity index (χ4v) is 4.93. The van der Waals surface area contributed by atoms with E-state index >= 15 is 0 Å². The maximum absolute atomic E-state index is 12.7. The minimum atomic E-state index is -0.0758. The van der Waals surface area contributed by atoms with Crippen LogP contribution in [-0.2, 0) is 24.3 Å². The predicted molar refractivity (Wildman–Crippen MR) is 147 cm³/mol. The minimum Gasteiger partial charge on any atom is -0.463 e. The second-order valence-electron chi connectivity index (χ2n) is 9.91. The third-order valence-electron chi connectivity index (χ3n) is 7.15. The highest BCUT2D eigenvalue weighted by Crippen LogP contribution is 2.34. The molecular formula is C30H35N5O2. The first-order chi connectivity index (χ1) is 18.0. The molecule has 0 bridgehead atoms. The van der Waals surface area contributed by atoms with Crippen molar-refractivity contribution in [2.75, 3.05) is 30.3 Å². The molecule has 0 amide bonds. The Morgan fingerprint density at radius 2 is 1.57 bits per heavy atom. The summed E-state index contributed by atoms with van der Waals surface area (Å²) < 4.78 is 5.72. The number of unbranched alkanes of at least 4 members (excludes halogenated alkanes) is 1. The van der Waals surface area contributed by atoms with Crippen molar-refractivity contribution < 1.29 is 9.53 Å². The van der Waals surface area contributed by atoms with Crippen LogP contribution in [0.25, 0.3) is 11.1 Å². The standard InChI is InChI=1S/C30H35N5O2/c1-3-4-17-37-30-32-28(31)26-18-27(36)21(2)35(29(26)33-30)20-23-9-13-25(14-10-23)24-11-7-22(8-12-24)19-34-15-5-6-16-34/h7-14H,2-6,15-20H2,1H3,(H2,31,32,33). The first kappa shape index (κ1) is 25.0. The number of likely N-dealkylation sites (tertiary alicyclic amines) is 1. The number of anilines is 2. The smallest absolute Gasteiger partial charge is 0.320 e. The van der Waals surface area contributed by atoms with Crippen molar-refractivity contribution >= 4 is 17.4 Å². The molecule has 2 aliphatic heterocycles. The van der Waals surface area contributed by atoms with Crippen LogP contribution in [0.4, 0.5) is 11.6 Å². The van der Waals surface area contributed by atoms with Gasteiger partial charge in [-0.25, -0.2) is 0 Å². The van der Waals surface area contributed by atoms with Crippen LogP contribution in [0, 0.1) is 0 Å². The van der Waals surface area contributed by atoms with Crippen LogP contribution in [0.3, 0.4) is 0 Å². The summed E-state index contributed by atoms with van der Waals surface area (Å²) in [5.74, 6) is 0.806. The van der Waals surface area contributed by atoms with E-state index in [0.717, 1.165) is 30.5 Å². The number of hydrogen-bond donors (Lipinski definition) is 1. The number of allylic oxidation sites excluding steroid dienone is 1. The number of ketones is 1. The zero-order valence-electron chi connectivity index (χ0n) is 21.6. The van der Waals surface area contributed by atoms with E-state index in [4.69, 9.17) is 10.5 Å². The van der Waals surface area contributed by atoms with Crippen LogP contribution in [0.2, 0.25) is 0 Å². The normalized spacial score (nSPS) is 15.8. The number of aromatic nitrogens is 2. The Hall–Kier alpha value is -3.71. The van der Waals surface area contributed by atoms with E-state index in [1.807, 2.05) is 4.90 Å². The van der Waals surface area contributed by atoms with Gasteiger partial charge in [-0.15, -0.1) is 0 Å². The highest BCUT2D eigenvalue weighted by molar-refractivity contribution is 6.03. The number of Topliss-reactive ketones (excluding diaryl/α,β-unsaturated/α-hetero) is 1. The molecule has 0 atom stereocenters. The Morgan fingerprint density at radius 3 is 2.19 bits per heavy atom. The summed E-state index contributed by atoms with van der Waals surface area (Å²) >= 11 is 0. The van der Waals surface area contributed by atoms with E-state index in [0.29, 0.717) is 30.2 Å². The molecule has 7 nitrogen and oxygen atoms in total. The SMILES string of the molecule is C=C1C(=O)Cc2c(N)nc(OCCCC)nc2N1Cc1ccc(-c2ccc(CN3CCCC3)cc2)cc1. The molecule has 0 radical (unpaired) electrons. The fourth-order valence-electron chi connectivity index (χ4n) is 4.93. The van der Waals surface area contributed by atoms with E-state index in [2.05, 4.69) is 76.9 Å². The number of carbonyl (C=O) groups excluding carboxylic acids is 1. The molecule has 1 aromatic heterocycles. The molecule has 2 N–H and O–H groups in total. The van der Waals surface area contributed by atoms with Gasteiger partial charge < -0.3 is 15.4 Å². The van der Waals surface area contributed by atoms with Gasteiger partial charge in [0.1, 0.15) is 11.6 Å². The first-order valence-electron chi connectivity index (χ1n) is 13.2. The second-order valence-corrected chi connectivity index (χ2v) is 9.91. The van der Waals surface area contributed by atoms with Gasteiger partial charge in [-0.3, -0.25) is 9.69 Å². The summed E-state index contributed by atoms with van der Waals surface area (Å²) in [5, 5.41) is 0. The zero-order chi connectivity index (χ0) is 25.8. The van der Waals surface area contributed by atoms with Gasteiger partial charge in [0.15, 0.2) is 5.78 Å². The highest BCUT2D eigenvalue weighted by Gasteiger charge is 2.31. The van der Waals surface area contributed by atoms with Crippen LogP contribution >= 0.6 is 0 Å². The van der Waals surface area contributed by atoms with E-state index in [-0.39, 0.29) is 24.0 Å². The zero-order valence-corrected chi connectivity index (χ0v) is 21.6. The van der Waals surface area contributed by atoms with Gasteiger partial charge in [-0.2, -0.15) is 9.97 Å². The number of benzene rings is 2. The van der Waals surface area contributed by atoms with Gasteiger partial charge in [0.2, 0.25) is 0 Å². The van der Waals surface area contributed by atoms with E-state index in [9.17, 15) is 4.79 Å². The summed E-state index contributed by atoms with van der Waals surface area (Å²) in [6, 6.07) is 17.5. The Kier molecular flexibility index (Phi) is 7.51. The van der Waals surface area contributed by atoms with Crippen molar-refractivity contribution in [2.45, 2.75) is 52.1 Å². The predicted octanol–water partition coefficient (Wildman–Crippen LogP) is 5.15. The number of nitrogen functional groups attached to an aromatic ring is 1. The maximum atomic E-state index is 12.7. The molecule has 2 aliphatic rings. The molecule has 3 aromatic rings. The summed E-state index contributed by atoms with van der Waals surface area (Å²) in [7, 11) is 0. The molecule has 0 unspecified atom stereocenters. The van der Waals surface area contributed by atoms with E-state index in [1.54, 1.807) is 0 Å². The van der Waals surface area contributed by atoms with Crippen molar-refractivity contribution in [3.8, 4) is 17.1 Å². The van der Waals surface area contributed by atoms with Gasteiger partial charge in [0.05, 0.1) is 12.3 Å². The molecule has 192 valence electrons. The lowest BCUT2D eigenvalue weighted by Gasteiger charge is -2.31. The molecule has 0 aliphatic carbocycles. The molecule has 0 spiro atoms. The molecule has 3 heterocycles. The van der Waals surface area contributed by atoms with Crippen LogP contribution in [-0.4, -0.2) is 40.3 Å². The fraction of sp³-hybridized carbons (Fsp3) is 0.367. The number of nitrogens with zero attached hydrogens (tertiary/aromatic N) is 4.